The summed E-state index contributed by atoms with van der Waals surface area (Å²) < 4.78 is 16.4. The van der Waals surface area contributed by atoms with Crippen molar-refractivity contribution < 1.29 is 4.39 Å². The van der Waals surface area contributed by atoms with E-state index in [-0.39, 0.29) is 5.82 Å². The Morgan fingerprint density at radius 2 is 2.05 bits per heavy atom. The van der Waals surface area contributed by atoms with Gasteiger partial charge in [0.2, 0.25) is 0 Å². The Morgan fingerprint density at radius 3 is 2.80 bits per heavy atom. The molecule has 0 aliphatic rings. The van der Waals surface area contributed by atoms with Crippen molar-refractivity contribution in [2.24, 2.45) is 0 Å². The zero-order chi connectivity index (χ0) is 14.3. The van der Waals surface area contributed by atoms with E-state index < -0.39 is 0 Å². The fourth-order valence-electron chi connectivity index (χ4n) is 2.10. The molecule has 0 atom stereocenters. The van der Waals surface area contributed by atoms with E-state index in [1.54, 1.807) is 28.8 Å². The van der Waals surface area contributed by atoms with Gasteiger partial charge in [-0.2, -0.15) is 5.26 Å². The number of benzene rings is 2. The van der Waals surface area contributed by atoms with Crippen LogP contribution in [0, 0.1) is 25.5 Å². The molecule has 0 bridgehead atoms. The minimum atomic E-state index is -0.310. The molecule has 0 fully saturated rings. The van der Waals surface area contributed by atoms with Crippen molar-refractivity contribution in [1.29, 1.82) is 5.26 Å². The van der Waals surface area contributed by atoms with Crippen LogP contribution in [0.15, 0.2) is 36.4 Å². The number of H-pyrrole nitrogens is 1. The van der Waals surface area contributed by atoms with E-state index >= 15 is 0 Å². The smallest absolute Gasteiger partial charge is 0.182 e. The lowest BCUT2D eigenvalue weighted by atomic mass is 10.2. The van der Waals surface area contributed by atoms with Gasteiger partial charge < -0.3 is 4.98 Å². The molecular formula is C14H7FIN3S. The van der Waals surface area contributed by atoms with Crippen LogP contribution in [0.2, 0.25) is 0 Å². The van der Waals surface area contributed by atoms with Gasteiger partial charge in [-0.15, -0.1) is 0 Å². The lowest BCUT2D eigenvalue weighted by Crippen LogP contribution is -1.97. The summed E-state index contributed by atoms with van der Waals surface area (Å²) in [5.41, 5.74) is 2.50. The maximum absolute atomic E-state index is 13.8. The zero-order valence-corrected chi connectivity index (χ0v) is 13.0. The van der Waals surface area contributed by atoms with Gasteiger partial charge in [-0.25, -0.2) is 4.39 Å². The van der Waals surface area contributed by atoms with E-state index in [9.17, 15) is 9.65 Å². The second-order valence-corrected chi connectivity index (χ2v) is 5.73. The number of aromatic amines is 1. The van der Waals surface area contributed by atoms with Crippen molar-refractivity contribution in [3.8, 4) is 11.8 Å². The second-order valence-electron chi connectivity index (χ2n) is 4.18. The maximum Gasteiger partial charge on any atom is 0.182 e. The molecule has 0 unspecified atom stereocenters. The van der Waals surface area contributed by atoms with Crippen LogP contribution in [0.5, 0.6) is 0 Å². The van der Waals surface area contributed by atoms with E-state index in [1.807, 2.05) is 28.7 Å². The number of para-hydroxylation sites is 1. The van der Waals surface area contributed by atoms with Crippen LogP contribution in [0.3, 0.4) is 0 Å². The summed E-state index contributed by atoms with van der Waals surface area (Å²) in [5, 5.41) is 9.20. The number of nitriles is 1. The van der Waals surface area contributed by atoms with Gasteiger partial charge in [-0.05, 0) is 53.0 Å². The number of nitrogens with zero attached hydrogens (tertiary/aromatic N) is 2. The predicted molar refractivity (Wildman–Crippen MR) is 85.8 cm³/mol. The largest absolute Gasteiger partial charge is 0.330 e. The molecule has 1 heterocycles. The third-order valence-corrected chi connectivity index (χ3v) is 4.10. The highest BCUT2D eigenvalue weighted by molar-refractivity contribution is 14.1. The first kappa shape index (κ1) is 13.3. The van der Waals surface area contributed by atoms with E-state index in [0.717, 1.165) is 5.52 Å². The molecule has 1 aromatic heterocycles. The standard InChI is InChI=1S/C14H7FIN3S/c15-9-5-13-11(6-10(9)16)18-14(20)19(13)12-4-2-1-3-8(12)7-17/h1-6H,(H,18,20). The molecule has 3 aromatic rings. The molecule has 0 aliphatic carbocycles. The summed E-state index contributed by atoms with van der Waals surface area (Å²) in [6.45, 7) is 0. The van der Waals surface area contributed by atoms with Gasteiger partial charge in [0.05, 0.1) is 25.9 Å². The van der Waals surface area contributed by atoms with Gasteiger partial charge in [0.1, 0.15) is 11.9 Å². The Bertz CT molecular complexity index is 920. The lowest BCUT2D eigenvalue weighted by Gasteiger charge is -2.06. The minimum Gasteiger partial charge on any atom is -0.330 e. The van der Waals surface area contributed by atoms with Crippen molar-refractivity contribution in [2.75, 3.05) is 0 Å². The molecule has 3 rings (SSSR count). The van der Waals surface area contributed by atoms with Gasteiger partial charge in [0.15, 0.2) is 4.77 Å². The zero-order valence-electron chi connectivity index (χ0n) is 10.0. The van der Waals surface area contributed by atoms with Crippen LogP contribution in [-0.2, 0) is 0 Å². The van der Waals surface area contributed by atoms with Crippen LogP contribution in [0.1, 0.15) is 5.56 Å². The molecule has 0 spiro atoms. The molecule has 1 N–H and O–H groups in total. The molecule has 0 amide bonds. The molecule has 3 nitrogen and oxygen atoms in total. The number of imidazole rings is 1. The minimum absolute atomic E-state index is 0.310. The van der Waals surface area contributed by atoms with Crippen molar-refractivity contribution in [3.05, 3.63) is 56.1 Å². The quantitative estimate of drug-likeness (QED) is 0.493. The summed E-state index contributed by atoms with van der Waals surface area (Å²) in [5.74, 6) is -0.310. The Kier molecular flexibility index (Phi) is 3.31. The van der Waals surface area contributed by atoms with Crippen molar-refractivity contribution in [1.82, 2.24) is 9.55 Å². The normalized spacial score (nSPS) is 10.7. The van der Waals surface area contributed by atoms with Gasteiger partial charge in [0, 0.05) is 6.07 Å². The average molecular weight is 395 g/mol. The van der Waals surface area contributed by atoms with E-state index in [0.29, 0.717) is 25.1 Å². The summed E-state index contributed by atoms with van der Waals surface area (Å²) >= 11 is 7.23. The number of nitrogens with one attached hydrogen (secondary N) is 1. The van der Waals surface area contributed by atoms with Gasteiger partial charge in [0.25, 0.3) is 0 Å². The molecule has 0 aliphatic heterocycles. The van der Waals surface area contributed by atoms with Crippen molar-refractivity contribution in [3.63, 3.8) is 0 Å². The monoisotopic (exact) mass is 395 g/mol. The fourth-order valence-corrected chi connectivity index (χ4v) is 2.88. The molecule has 0 saturated carbocycles. The Balaban J connectivity index is 2.43. The van der Waals surface area contributed by atoms with Gasteiger partial charge in [-0.3, -0.25) is 4.57 Å². The molecule has 98 valence electrons. The van der Waals surface area contributed by atoms with Gasteiger partial charge >= 0.3 is 0 Å². The van der Waals surface area contributed by atoms with Crippen LogP contribution in [0.4, 0.5) is 4.39 Å². The third kappa shape index (κ3) is 2.03. The highest BCUT2D eigenvalue weighted by Gasteiger charge is 2.12. The number of halogens is 2. The molecule has 2 aromatic carbocycles. The Labute approximate surface area is 132 Å². The highest BCUT2D eigenvalue weighted by Crippen LogP contribution is 2.25. The first-order valence-corrected chi connectivity index (χ1v) is 7.20. The van der Waals surface area contributed by atoms with E-state index in [2.05, 4.69) is 11.1 Å². The van der Waals surface area contributed by atoms with Crippen LogP contribution >= 0.6 is 34.8 Å². The molecule has 0 radical (unpaired) electrons. The lowest BCUT2D eigenvalue weighted by molar-refractivity contribution is 0.622. The number of hydrogen-bond donors (Lipinski definition) is 1. The van der Waals surface area contributed by atoms with Crippen LogP contribution in [-0.4, -0.2) is 9.55 Å². The van der Waals surface area contributed by atoms with Crippen LogP contribution < -0.4 is 0 Å². The van der Waals surface area contributed by atoms with Crippen molar-refractivity contribution in [2.45, 2.75) is 0 Å². The molecule has 0 saturated heterocycles. The number of rotatable bonds is 1. The average Bonchev–Trinajstić information content (AvgIpc) is 2.74. The van der Waals surface area contributed by atoms with Crippen LogP contribution in [0.25, 0.3) is 16.7 Å². The maximum atomic E-state index is 13.8. The summed E-state index contributed by atoms with van der Waals surface area (Å²) in [4.78, 5) is 3.04. The second kappa shape index (κ2) is 5.00. The highest BCUT2D eigenvalue weighted by atomic mass is 127. The van der Waals surface area contributed by atoms with E-state index in [1.165, 1.54) is 6.07 Å². The van der Waals surface area contributed by atoms with E-state index in [4.69, 9.17) is 12.2 Å². The summed E-state index contributed by atoms with van der Waals surface area (Å²) in [7, 11) is 0. The molecular weight excluding hydrogens is 388 g/mol. The number of hydrogen-bond acceptors (Lipinski definition) is 2. The first-order chi connectivity index (χ1) is 9.61. The SMILES string of the molecule is N#Cc1ccccc1-n1c(=S)[nH]c2cc(I)c(F)cc21. The summed E-state index contributed by atoms with van der Waals surface area (Å²) in [6, 6.07) is 12.4. The topological polar surface area (TPSA) is 44.5 Å². The van der Waals surface area contributed by atoms with Crippen molar-refractivity contribution >= 4 is 45.8 Å². The molecule has 6 heteroatoms. The number of aromatic nitrogens is 2. The molecule has 20 heavy (non-hydrogen) atoms. The summed E-state index contributed by atoms with van der Waals surface area (Å²) in [6.07, 6.45) is 0. The third-order valence-electron chi connectivity index (χ3n) is 2.99. The first-order valence-electron chi connectivity index (χ1n) is 5.71. The Hall–Kier alpha value is -1.72. The predicted octanol–water partition coefficient (Wildman–Crippen LogP) is 4.30. The Morgan fingerprint density at radius 1 is 1.30 bits per heavy atom. The fraction of sp³-hybridized carbons (Fsp3) is 0. The number of fused-ring (bicyclic) bond motifs is 1. The van der Waals surface area contributed by atoms with Gasteiger partial charge in [-0.1, -0.05) is 12.1 Å².